The third-order valence-corrected chi connectivity index (χ3v) is 0.770. The number of aromatic nitrogens is 1. The number of rotatable bonds is 1. The molecule has 0 bridgehead atoms. The van der Waals surface area contributed by atoms with Gasteiger partial charge in [0.05, 0.1) is 6.20 Å². The van der Waals surface area contributed by atoms with Gasteiger partial charge in [-0.15, -0.1) is 12.4 Å². The fraction of sp³-hybridized carbons (Fsp3) is 0. The van der Waals surface area contributed by atoms with Crippen molar-refractivity contribution in [2.45, 2.75) is 0 Å². The van der Waals surface area contributed by atoms with Crippen molar-refractivity contribution < 1.29 is 4.84 Å². The van der Waals surface area contributed by atoms with Crippen molar-refractivity contribution in [3.63, 3.8) is 0 Å². The first kappa shape index (κ1) is 8.20. The largest absolute Gasteiger partial charge is 0.410 e. The van der Waals surface area contributed by atoms with Crippen LogP contribution in [0.2, 0.25) is 0 Å². The molecule has 0 saturated heterocycles. The highest BCUT2D eigenvalue weighted by Crippen LogP contribution is 2.01. The maximum absolute atomic E-state index is 4.81. The molecule has 0 aromatic carbocycles. The van der Waals surface area contributed by atoms with Gasteiger partial charge in [0.2, 0.25) is 0 Å². The molecule has 0 aliphatic carbocycles. The number of hydrogen-bond acceptors (Lipinski definition) is 3. The highest BCUT2D eigenvalue weighted by atomic mass is 35.5. The van der Waals surface area contributed by atoms with Gasteiger partial charge in [0.25, 0.3) is 0 Å². The van der Waals surface area contributed by atoms with Crippen LogP contribution in [0.1, 0.15) is 0 Å². The average molecular weight is 147 g/mol. The smallest absolute Gasteiger partial charge is 0.165 e. The number of hydrogen-bond donors (Lipinski definition) is 1. The topological polar surface area (TPSA) is 48.1 Å². The van der Waals surface area contributed by atoms with Gasteiger partial charge in [-0.1, -0.05) is 0 Å². The van der Waals surface area contributed by atoms with Gasteiger partial charge in [-0.3, -0.25) is 4.98 Å². The summed E-state index contributed by atoms with van der Waals surface area (Å²) in [4.78, 5) is 8.10. The Kier molecular flexibility index (Phi) is 3.75. The maximum atomic E-state index is 4.81. The van der Waals surface area contributed by atoms with Crippen molar-refractivity contribution >= 4 is 12.4 Å². The molecule has 1 heterocycles. The number of nitrogens with two attached hydrogens (primary N) is 1. The minimum atomic E-state index is 0. The van der Waals surface area contributed by atoms with Crippen LogP contribution in [0.25, 0.3) is 0 Å². The molecule has 0 saturated carbocycles. The first-order chi connectivity index (χ1) is 3.93. The molecule has 2 N–H and O–H groups in total. The molecule has 4 heteroatoms. The van der Waals surface area contributed by atoms with E-state index in [2.05, 4.69) is 9.82 Å². The van der Waals surface area contributed by atoms with Crippen molar-refractivity contribution in [3.8, 4) is 5.75 Å². The first-order valence-electron chi connectivity index (χ1n) is 2.20. The normalized spacial score (nSPS) is 7.67. The van der Waals surface area contributed by atoms with E-state index in [1.807, 2.05) is 0 Å². The molecule has 0 aliphatic rings. The lowest BCUT2D eigenvalue weighted by atomic mass is 10.5. The Morgan fingerprint density at radius 3 is 2.67 bits per heavy atom. The van der Waals surface area contributed by atoms with Gasteiger partial charge in [0.1, 0.15) is 0 Å². The van der Waals surface area contributed by atoms with Crippen LogP contribution in [-0.4, -0.2) is 4.98 Å². The molecule has 0 atom stereocenters. The van der Waals surface area contributed by atoms with Crippen molar-refractivity contribution in [2.75, 3.05) is 0 Å². The summed E-state index contributed by atoms with van der Waals surface area (Å²) >= 11 is 0. The third-order valence-electron chi connectivity index (χ3n) is 0.770. The van der Waals surface area contributed by atoms with Crippen molar-refractivity contribution in [3.05, 3.63) is 24.5 Å². The summed E-state index contributed by atoms with van der Waals surface area (Å²) in [5.41, 5.74) is 0. The molecule has 0 radical (unpaired) electrons. The average Bonchev–Trinajstić information content (AvgIpc) is 1.90. The van der Waals surface area contributed by atoms with Crippen molar-refractivity contribution in [2.24, 2.45) is 5.90 Å². The van der Waals surface area contributed by atoms with Crippen LogP contribution >= 0.6 is 12.4 Å². The Balaban J connectivity index is 0.000000640. The van der Waals surface area contributed by atoms with Gasteiger partial charge >= 0.3 is 0 Å². The first-order valence-corrected chi connectivity index (χ1v) is 2.20. The predicted octanol–water partition coefficient (Wildman–Crippen LogP) is 0.756. The van der Waals surface area contributed by atoms with E-state index in [-0.39, 0.29) is 12.4 Å². The second kappa shape index (κ2) is 4.12. The van der Waals surface area contributed by atoms with E-state index in [4.69, 9.17) is 5.90 Å². The summed E-state index contributed by atoms with van der Waals surface area (Å²) in [6, 6.07) is 3.48. The van der Waals surface area contributed by atoms with E-state index in [0.717, 1.165) is 0 Å². The van der Waals surface area contributed by atoms with E-state index in [9.17, 15) is 0 Å². The van der Waals surface area contributed by atoms with Gasteiger partial charge in [-0.2, -0.15) is 5.90 Å². The zero-order chi connectivity index (χ0) is 5.82. The van der Waals surface area contributed by atoms with Gasteiger partial charge < -0.3 is 4.84 Å². The van der Waals surface area contributed by atoms with Crippen LogP contribution in [0.5, 0.6) is 5.75 Å². The molecule has 50 valence electrons. The molecule has 0 spiro atoms. The van der Waals surface area contributed by atoms with Gasteiger partial charge in [-0.25, -0.2) is 0 Å². The van der Waals surface area contributed by atoms with E-state index < -0.39 is 0 Å². The van der Waals surface area contributed by atoms with Crippen LogP contribution in [-0.2, 0) is 0 Å². The molecule has 1 rings (SSSR count). The highest BCUT2D eigenvalue weighted by Gasteiger charge is 1.82. The molecular formula is C5H7ClN2O. The monoisotopic (exact) mass is 146 g/mol. The number of pyridine rings is 1. The maximum Gasteiger partial charge on any atom is 0.165 e. The van der Waals surface area contributed by atoms with Gasteiger partial charge in [-0.05, 0) is 12.1 Å². The Morgan fingerprint density at radius 1 is 1.56 bits per heavy atom. The molecule has 0 amide bonds. The van der Waals surface area contributed by atoms with E-state index in [0.29, 0.717) is 5.75 Å². The quantitative estimate of drug-likeness (QED) is 0.595. The lowest BCUT2D eigenvalue weighted by molar-refractivity contribution is 0.333. The van der Waals surface area contributed by atoms with Crippen LogP contribution in [0, 0.1) is 0 Å². The lowest BCUT2D eigenvalue weighted by Crippen LogP contribution is -2.01. The molecular weight excluding hydrogens is 140 g/mol. The fourth-order valence-corrected chi connectivity index (χ4v) is 0.417. The minimum absolute atomic E-state index is 0. The molecule has 9 heavy (non-hydrogen) atoms. The molecule has 0 aliphatic heterocycles. The SMILES string of the molecule is Cl.NOc1cccnc1. The summed E-state index contributed by atoms with van der Waals surface area (Å²) in [6.07, 6.45) is 3.20. The molecule has 0 unspecified atom stereocenters. The van der Waals surface area contributed by atoms with Crippen LogP contribution in [0.3, 0.4) is 0 Å². The van der Waals surface area contributed by atoms with E-state index in [1.165, 1.54) is 0 Å². The number of halogens is 1. The van der Waals surface area contributed by atoms with Crippen molar-refractivity contribution in [1.29, 1.82) is 0 Å². The summed E-state index contributed by atoms with van der Waals surface area (Å²) in [5, 5.41) is 0. The minimum Gasteiger partial charge on any atom is -0.410 e. The zero-order valence-corrected chi connectivity index (χ0v) is 5.47. The second-order valence-corrected chi connectivity index (χ2v) is 1.31. The molecule has 0 fully saturated rings. The third kappa shape index (κ3) is 2.30. The summed E-state index contributed by atoms with van der Waals surface area (Å²) in [5.74, 6) is 5.39. The Bertz CT molecular complexity index is 156. The van der Waals surface area contributed by atoms with Crippen LogP contribution < -0.4 is 10.7 Å². The Hall–Kier alpha value is -0.800. The summed E-state index contributed by atoms with van der Waals surface area (Å²) in [6.45, 7) is 0. The second-order valence-electron chi connectivity index (χ2n) is 1.31. The molecule has 3 nitrogen and oxygen atoms in total. The Morgan fingerprint density at radius 2 is 2.33 bits per heavy atom. The fourth-order valence-electron chi connectivity index (χ4n) is 0.417. The predicted molar refractivity (Wildman–Crippen MR) is 36.3 cm³/mol. The van der Waals surface area contributed by atoms with E-state index in [1.54, 1.807) is 24.5 Å². The van der Waals surface area contributed by atoms with Crippen LogP contribution in [0.15, 0.2) is 24.5 Å². The standard InChI is InChI=1S/C5H6N2O.ClH/c6-8-5-2-1-3-7-4-5;/h1-4H,6H2;1H. The zero-order valence-electron chi connectivity index (χ0n) is 4.65. The highest BCUT2D eigenvalue weighted by molar-refractivity contribution is 5.85. The number of nitrogens with zero attached hydrogens (tertiary/aromatic N) is 1. The van der Waals surface area contributed by atoms with Gasteiger partial charge in [0, 0.05) is 6.20 Å². The summed E-state index contributed by atoms with van der Waals surface area (Å²) in [7, 11) is 0. The van der Waals surface area contributed by atoms with Gasteiger partial charge in [0.15, 0.2) is 5.75 Å². The molecule has 1 aromatic heterocycles. The lowest BCUT2D eigenvalue weighted by Gasteiger charge is -1.91. The molecule has 1 aromatic rings. The summed E-state index contributed by atoms with van der Waals surface area (Å²) < 4.78 is 0. The van der Waals surface area contributed by atoms with Crippen LogP contribution in [0.4, 0.5) is 0 Å². The van der Waals surface area contributed by atoms with Crippen molar-refractivity contribution in [1.82, 2.24) is 4.98 Å². The van der Waals surface area contributed by atoms with E-state index >= 15 is 0 Å². The Labute approximate surface area is 59.2 Å².